The third-order valence-electron chi connectivity index (χ3n) is 6.10. The average Bonchev–Trinajstić information content (AvgIpc) is 3.49. The van der Waals surface area contributed by atoms with Crippen molar-refractivity contribution in [2.45, 2.75) is 38.3 Å². The maximum atomic E-state index is 14.6. The summed E-state index contributed by atoms with van der Waals surface area (Å²) in [6, 6.07) is 6.72. The molecule has 2 N–H and O–H groups in total. The van der Waals surface area contributed by atoms with E-state index in [4.69, 9.17) is 4.98 Å². The molecule has 1 aromatic carbocycles. The zero-order chi connectivity index (χ0) is 21.5. The molecule has 2 aliphatic heterocycles. The predicted octanol–water partition coefficient (Wildman–Crippen LogP) is 3.12. The number of aryl methyl sites for hydroxylation is 1. The van der Waals surface area contributed by atoms with E-state index < -0.39 is 6.10 Å². The summed E-state index contributed by atoms with van der Waals surface area (Å²) in [5, 5.41) is 16.8. The first-order valence-corrected chi connectivity index (χ1v) is 10.6. The molecule has 2 atom stereocenters. The van der Waals surface area contributed by atoms with Crippen LogP contribution in [0.4, 0.5) is 20.7 Å². The number of anilines is 2. The van der Waals surface area contributed by atoms with E-state index in [1.165, 1.54) is 6.07 Å². The molecule has 0 bridgehead atoms. The number of aliphatic hydroxyl groups excluding tert-OH is 1. The first-order valence-electron chi connectivity index (χ1n) is 10.6. The van der Waals surface area contributed by atoms with Gasteiger partial charge < -0.3 is 20.2 Å². The summed E-state index contributed by atoms with van der Waals surface area (Å²) in [4.78, 5) is 21.0. The number of fused-ring (bicyclic) bond motifs is 1. The fourth-order valence-corrected chi connectivity index (χ4v) is 4.51. The molecule has 9 heteroatoms. The van der Waals surface area contributed by atoms with Gasteiger partial charge in [0.05, 0.1) is 18.3 Å². The first kappa shape index (κ1) is 19.7. The van der Waals surface area contributed by atoms with E-state index in [1.807, 2.05) is 19.1 Å². The quantitative estimate of drug-likeness (QED) is 0.675. The molecule has 0 radical (unpaired) electrons. The summed E-state index contributed by atoms with van der Waals surface area (Å²) in [6.07, 6.45) is 5.27. The monoisotopic (exact) mass is 424 g/mol. The number of aliphatic hydroxyl groups is 1. The summed E-state index contributed by atoms with van der Waals surface area (Å²) >= 11 is 0. The topological polar surface area (TPSA) is 86.0 Å². The molecule has 2 fully saturated rings. The number of nitrogens with one attached hydrogen (secondary N) is 1. The smallest absolute Gasteiger partial charge is 0.322 e. The minimum absolute atomic E-state index is 0.0816. The van der Waals surface area contributed by atoms with Crippen molar-refractivity contribution in [1.82, 2.24) is 19.5 Å². The Morgan fingerprint density at radius 2 is 2.13 bits per heavy atom. The molecule has 0 unspecified atom stereocenters. The summed E-state index contributed by atoms with van der Waals surface area (Å²) in [6.45, 7) is 3.58. The second kappa shape index (κ2) is 7.81. The number of benzene rings is 1. The van der Waals surface area contributed by atoms with E-state index >= 15 is 0 Å². The largest absolute Gasteiger partial charge is 0.391 e. The van der Waals surface area contributed by atoms with Crippen LogP contribution in [0, 0.1) is 12.7 Å². The van der Waals surface area contributed by atoms with Gasteiger partial charge in [-0.2, -0.15) is 5.10 Å². The van der Waals surface area contributed by atoms with E-state index in [0.29, 0.717) is 36.4 Å². The molecule has 2 amide bonds. The standard InChI is InChI=1S/C22H25FN6O2/c1-14-4-5-17(23)16(11-14)19-3-2-8-28(19)20-7-10-29-21(26-20)18(12-24-29)25-22(31)27-9-6-15(30)13-27/h4-5,7,10-12,15,19,30H,2-3,6,8-9,13H2,1H3,(H,25,31)/t15-,19+/m0/s1. The highest BCUT2D eigenvalue weighted by atomic mass is 19.1. The lowest BCUT2D eigenvalue weighted by molar-refractivity contribution is 0.176. The Kier molecular flexibility index (Phi) is 4.97. The number of carbonyl (C=O) groups is 1. The van der Waals surface area contributed by atoms with Crippen molar-refractivity contribution in [1.29, 1.82) is 0 Å². The maximum absolute atomic E-state index is 14.6. The average molecular weight is 424 g/mol. The van der Waals surface area contributed by atoms with E-state index in [0.717, 1.165) is 30.8 Å². The molecule has 8 nitrogen and oxygen atoms in total. The number of rotatable bonds is 3. The van der Waals surface area contributed by atoms with Crippen LogP contribution in [0.2, 0.25) is 0 Å². The number of hydrogen-bond acceptors (Lipinski definition) is 5. The number of halogens is 1. The van der Waals surface area contributed by atoms with Gasteiger partial charge in [-0.25, -0.2) is 18.7 Å². The Balaban J connectivity index is 1.43. The number of hydrogen-bond donors (Lipinski definition) is 2. The molecule has 2 aliphatic rings. The molecular formula is C22H25FN6O2. The van der Waals surface area contributed by atoms with Crippen molar-refractivity contribution >= 4 is 23.2 Å². The van der Waals surface area contributed by atoms with Crippen LogP contribution in [0.3, 0.4) is 0 Å². The number of β-amino-alcohol motifs (C(OH)–C–C–N with tert-alkyl or cyclic N) is 1. The van der Waals surface area contributed by atoms with Crippen LogP contribution in [0.5, 0.6) is 0 Å². The third-order valence-corrected chi connectivity index (χ3v) is 6.10. The molecular weight excluding hydrogens is 399 g/mol. The Bertz CT molecular complexity index is 1130. The van der Waals surface area contributed by atoms with Crippen LogP contribution < -0.4 is 10.2 Å². The van der Waals surface area contributed by atoms with Gasteiger partial charge in [0.15, 0.2) is 5.65 Å². The normalized spacial score (nSPS) is 21.3. The Morgan fingerprint density at radius 1 is 1.26 bits per heavy atom. The van der Waals surface area contributed by atoms with Crippen molar-refractivity contribution in [2.75, 3.05) is 29.9 Å². The molecule has 0 spiro atoms. The van der Waals surface area contributed by atoms with Crippen LogP contribution in [0.25, 0.3) is 5.65 Å². The van der Waals surface area contributed by atoms with Gasteiger partial charge in [-0.1, -0.05) is 17.7 Å². The van der Waals surface area contributed by atoms with Gasteiger partial charge in [-0.15, -0.1) is 0 Å². The highest BCUT2D eigenvalue weighted by molar-refractivity contribution is 5.93. The van der Waals surface area contributed by atoms with Crippen molar-refractivity contribution in [3.8, 4) is 0 Å². The highest BCUT2D eigenvalue weighted by Crippen LogP contribution is 2.37. The van der Waals surface area contributed by atoms with Gasteiger partial charge in [0.25, 0.3) is 0 Å². The molecule has 2 aromatic heterocycles. The second-order valence-electron chi connectivity index (χ2n) is 8.31. The summed E-state index contributed by atoms with van der Waals surface area (Å²) < 4.78 is 16.2. The fourth-order valence-electron chi connectivity index (χ4n) is 4.51. The lowest BCUT2D eigenvalue weighted by Crippen LogP contribution is -2.33. The van der Waals surface area contributed by atoms with Gasteiger partial charge in [0.1, 0.15) is 17.3 Å². The van der Waals surface area contributed by atoms with Gasteiger partial charge in [-0.05, 0) is 38.3 Å². The van der Waals surface area contributed by atoms with E-state index in [9.17, 15) is 14.3 Å². The Hall–Kier alpha value is -3.20. The van der Waals surface area contributed by atoms with Crippen molar-refractivity contribution in [3.05, 3.63) is 53.6 Å². The maximum Gasteiger partial charge on any atom is 0.322 e. The van der Waals surface area contributed by atoms with Crippen LogP contribution in [0.15, 0.2) is 36.7 Å². The molecule has 5 rings (SSSR count). The van der Waals surface area contributed by atoms with Gasteiger partial charge >= 0.3 is 6.03 Å². The third kappa shape index (κ3) is 3.69. The number of amides is 2. The second-order valence-corrected chi connectivity index (χ2v) is 8.31. The molecule has 4 heterocycles. The molecule has 162 valence electrons. The van der Waals surface area contributed by atoms with Gasteiger partial charge in [0, 0.05) is 31.4 Å². The molecule has 3 aromatic rings. The lowest BCUT2D eigenvalue weighted by atomic mass is 10.0. The van der Waals surface area contributed by atoms with Crippen LogP contribution in [-0.4, -0.2) is 56.4 Å². The number of nitrogens with zero attached hydrogens (tertiary/aromatic N) is 5. The number of urea groups is 1. The zero-order valence-electron chi connectivity index (χ0n) is 17.3. The lowest BCUT2D eigenvalue weighted by Gasteiger charge is -2.26. The molecule has 2 saturated heterocycles. The fraction of sp³-hybridized carbons (Fsp3) is 0.409. The Morgan fingerprint density at radius 3 is 2.94 bits per heavy atom. The molecule has 0 aliphatic carbocycles. The van der Waals surface area contributed by atoms with Gasteiger partial charge in [-0.3, -0.25) is 0 Å². The van der Waals surface area contributed by atoms with Crippen LogP contribution in [0.1, 0.15) is 36.4 Å². The minimum atomic E-state index is -0.478. The highest BCUT2D eigenvalue weighted by Gasteiger charge is 2.30. The molecule has 31 heavy (non-hydrogen) atoms. The van der Waals surface area contributed by atoms with Crippen molar-refractivity contribution in [3.63, 3.8) is 0 Å². The number of aromatic nitrogens is 3. The zero-order valence-corrected chi connectivity index (χ0v) is 17.3. The van der Waals surface area contributed by atoms with Crippen LogP contribution in [-0.2, 0) is 0 Å². The predicted molar refractivity (Wildman–Crippen MR) is 115 cm³/mol. The summed E-state index contributed by atoms with van der Waals surface area (Å²) in [5.41, 5.74) is 2.75. The summed E-state index contributed by atoms with van der Waals surface area (Å²) in [5.74, 6) is 0.525. The number of carbonyl (C=O) groups excluding carboxylic acids is 1. The minimum Gasteiger partial charge on any atom is -0.391 e. The number of likely N-dealkylation sites (tertiary alicyclic amines) is 1. The van der Waals surface area contributed by atoms with Crippen LogP contribution >= 0.6 is 0 Å². The first-order chi connectivity index (χ1) is 15.0. The summed E-state index contributed by atoms with van der Waals surface area (Å²) in [7, 11) is 0. The van der Waals surface area contributed by atoms with E-state index in [2.05, 4.69) is 15.3 Å². The van der Waals surface area contributed by atoms with Crippen molar-refractivity contribution < 1.29 is 14.3 Å². The van der Waals surface area contributed by atoms with Crippen molar-refractivity contribution in [2.24, 2.45) is 0 Å². The molecule has 0 saturated carbocycles. The van der Waals surface area contributed by atoms with E-state index in [1.54, 1.807) is 27.9 Å². The van der Waals surface area contributed by atoms with E-state index in [-0.39, 0.29) is 17.9 Å². The Labute approximate surface area is 179 Å². The SMILES string of the molecule is Cc1ccc(F)c([C@H]2CCCN2c2ccn3ncc(NC(=O)N4CC[C@H](O)C4)c3n2)c1. The van der Waals surface area contributed by atoms with Gasteiger partial charge in [0.2, 0.25) is 0 Å².